The summed E-state index contributed by atoms with van der Waals surface area (Å²) in [6, 6.07) is 8.67. The number of hydrogen-bond donors (Lipinski definition) is 2. The lowest BCUT2D eigenvalue weighted by molar-refractivity contribution is 0.0486. The minimum atomic E-state index is -0.252. The first-order valence-corrected chi connectivity index (χ1v) is 10.0. The van der Waals surface area contributed by atoms with E-state index in [0.29, 0.717) is 31.5 Å². The van der Waals surface area contributed by atoms with Crippen LogP contribution in [-0.4, -0.2) is 48.5 Å². The molecule has 150 valence electrons. The molecule has 0 radical (unpaired) electrons. The number of piperidine rings is 1. The van der Waals surface area contributed by atoms with Crippen molar-refractivity contribution < 1.29 is 13.9 Å². The summed E-state index contributed by atoms with van der Waals surface area (Å²) in [7, 11) is 0. The molecule has 4 rings (SSSR count). The van der Waals surface area contributed by atoms with Gasteiger partial charge in [0, 0.05) is 37.9 Å². The van der Waals surface area contributed by atoms with Crippen molar-refractivity contribution in [2.75, 3.05) is 32.8 Å². The van der Waals surface area contributed by atoms with Crippen LogP contribution < -0.4 is 10.6 Å². The Bertz CT molecular complexity index is 793. The molecular weight excluding hydrogens is 359 g/mol. The molecule has 2 saturated heterocycles. The minimum Gasteiger partial charge on any atom is -0.381 e. The first kappa shape index (κ1) is 19.1. The Morgan fingerprint density at radius 1 is 1.29 bits per heavy atom. The SMILES string of the molecule is O=C(NCC1(c2ccc(F)cc2)CCOCC1)c1ccn(C2CCCNC2)n1. The van der Waals surface area contributed by atoms with E-state index < -0.39 is 0 Å². The van der Waals surface area contributed by atoms with Crippen LogP contribution in [-0.2, 0) is 10.2 Å². The Morgan fingerprint density at radius 3 is 2.79 bits per heavy atom. The molecule has 28 heavy (non-hydrogen) atoms. The minimum absolute atomic E-state index is 0.171. The van der Waals surface area contributed by atoms with Crippen molar-refractivity contribution in [1.29, 1.82) is 0 Å². The van der Waals surface area contributed by atoms with Gasteiger partial charge in [-0.1, -0.05) is 12.1 Å². The Labute approximate surface area is 164 Å². The summed E-state index contributed by atoms with van der Waals surface area (Å²) >= 11 is 0. The van der Waals surface area contributed by atoms with Gasteiger partial charge in [-0.3, -0.25) is 9.48 Å². The topological polar surface area (TPSA) is 68.2 Å². The van der Waals surface area contributed by atoms with Crippen LogP contribution in [0.15, 0.2) is 36.5 Å². The van der Waals surface area contributed by atoms with Gasteiger partial charge in [0.05, 0.1) is 6.04 Å². The average Bonchev–Trinajstić information content (AvgIpc) is 3.24. The van der Waals surface area contributed by atoms with Crippen molar-refractivity contribution in [2.45, 2.75) is 37.1 Å². The second-order valence-electron chi connectivity index (χ2n) is 7.76. The molecule has 0 bridgehead atoms. The lowest BCUT2D eigenvalue weighted by Gasteiger charge is -2.37. The lowest BCUT2D eigenvalue weighted by atomic mass is 9.74. The predicted molar refractivity (Wildman–Crippen MR) is 104 cm³/mol. The molecule has 2 fully saturated rings. The molecule has 1 aromatic heterocycles. The molecule has 3 heterocycles. The maximum atomic E-state index is 13.4. The van der Waals surface area contributed by atoms with Gasteiger partial charge in [0.25, 0.3) is 5.91 Å². The monoisotopic (exact) mass is 386 g/mol. The highest BCUT2D eigenvalue weighted by Crippen LogP contribution is 2.34. The number of halogens is 1. The molecule has 7 heteroatoms. The van der Waals surface area contributed by atoms with Crippen molar-refractivity contribution in [3.05, 3.63) is 53.6 Å². The fourth-order valence-corrected chi connectivity index (χ4v) is 4.19. The van der Waals surface area contributed by atoms with Crippen LogP contribution in [0.25, 0.3) is 0 Å². The summed E-state index contributed by atoms with van der Waals surface area (Å²) in [5, 5.41) is 10.9. The van der Waals surface area contributed by atoms with Gasteiger partial charge in [-0.05, 0) is 56.0 Å². The van der Waals surface area contributed by atoms with Gasteiger partial charge in [0.1, 0.15) is 11.5 Å². The van der Waals surface area contributed by atoms with Crippen LogP contribution in [0, 0.1) is 5.82 Å². The summed E-state index contributed by atoms with van der Waals surface area (Å²) in [6.45, 7) is 3.68. The zero-order chi connectivity index (χ0) is 19.4. The normalized spacial score (nSPS) is 22.0. The number of rotatable bonds is 5. The molecule has 2 aliphatic rings. The molecule has 1 atom stereocenters. The average molecular weight is 386 g/mol. The Kier molecular flexibility index (Phi) is 5.73. The number of nitrogens with one attached hydrogen (secondary N) is 2. The second kappa shape index (κ2) is 8.41. The predicted octanol–water partition coefficient (Wildman–Crippen LogP) is 2.42. The highest BCUT2D eigenvalue weighted by Gasteiger charge is 2.35. The van der Waals surface area contributed by atoms with Crippen LogP contribution in [0.2, 0.25) is 0 Å². The summed E-state index contributed by atoms with van der Waals surface area (Å²) in [5.41, 5.74) is 1.24. The Balaban J connectivity index is 1.44. The summed E-state index contributed by atoms with van der Waals surface area (Å²) in [5.74, 6) is -0.423. The summed E-state index contributed by atoms with van der Waals surface area (Å²) in [4.78, 5) is 12.7. The number of nitrogens with zero attached hydrogens (tertiary/aromatic N) is 2. The Morgan fingerprint density at radius 2 is 2.07 bits per heavy atom. The van der Waals surface area contributed by atoms with Crippen molar-refractivity contribution in [2.24, 2.45) is 0 Å². The van der Waals surface area contributed by atoms with E-state index in [4.69, 9.17) is 4.74 Å². The number of hydrogen-bond acceptors (Lipinski definition) is 4. The molecule has 2 aromatic rings. The third-order valence-corrected chi connectivity index (χ3v) is 5.98. The van der Waals surface area contributed by atoms with Crippen molar-refractivity contribution >= 4 is 5.91 Å². The maximum Gasteiger partial charge on any atom is 0.271 e. The van der Waals surface area contributed by atoms with Gasteiger partial charge in [-0.2, -0.15) is 5.10 Å². The van der Waals surface area contributed by atoms with Gasteiger partial charge >= 0.3 is 0 Å². The van der Waals surface area contributed by atoms with Crippen LogP contribution in [0.3, 0.4) is 0 Å². The van der Waals surface area contributed by atoms with E-state index in [9.17, 15) is 9.18 Å². The molecule has 1 aromatic carbocycles. The van der Waals surface area contributed by atoms with Gasteiger partial charge in [-0.25, -0.2) is 4.39 Å². The number of benzene rings is 1. The molecule has 6 nitrogen and oxygen atoms in total. The molecule has 0 aliphatic carbocycles. The number of aromatic nitrogens is 2. The van der Waals surface area contributed by atoms with E-state index in [2.05, 4.69) is 15.7 Å². The second-order valence-corrected chi connectivity index (χ2v) is 7.76. The smallest absolute Gasteiger partial charge is 0.271 e. The lowest BCUT2D eigenvalue weighted by Crippen LogP contribution is -2.44. The molecule has 2 aliphatic heterocycles. The number of carbonyl (C=O) groups excluding carboxylic acids is 1. The first-order valence-electron chi connectivity index (χ1n) is 10.0. The largest absolute Gasteiger partial charge is 0.381 e. The van der Waals surface area contributed by atoms with Gasteiger partial charge in [-0.15, -0.1) is 0 Å². The van der Waals surface area contributed by atoms with E-state index in [1.165, 1.54) is 12.1 Å². The zero-order valence-electron chi connectivity index (χ0n) is 16.0. The van der Waals surface area contributed by atoms with E-state index in [-0.39, 0.29) is 17.1 Å². The quantitative estimate of drug-likeness (QED) is 0.828. The Hall–Kier alpha value is -2.25. The third kappa shape index (κ3) is 4.10. The third-order valence-electron chi connectivity index (χ3n) is 5.98. The fraction of sp³-hybridized carbons (Fsp3) is 0.524. The summed E-state index contributed by atoms with van der Waals surface area (Å²) < 4.78 is 20.8. The number of carbonyl (C=O) groups is 1. The highest BCUT2D eigenvalue weighted by molar-refractivity contribution is 5.92. The molecule has 1 amide bonds. The van der Waals surface area contributed by atoms with Crippen molar-refractivity contribution in [1.82, 2.24) is 20.4 Å². The molecule has 1 unspecified atom stereocenters. The van der Waals surface area contributed by atoms with E-state index >= 15 is 0 Å². The standard InChI is InChI=1S/C21H27FN4O2/c22-17-5-3-16(4-6-17)21(8-12-28-13-9-21)15-24-20(27)19-7-11-26(25-19)18-2-1-10-23-14-18/h3-7,11,18,23H,1-2,8-10,12-15H2,(H,24,27). The van der Waals surface area contributed by atoms with Crippen molar-refractivity contribution in [3.8, 4) is 0 Å². The molecule has 0 spiro atoms. The van der Waals surface area contributed by atoms with Gasteiger partial charge in [0.2, 0.25) is 0 Å². The molecular formula is C21H27FN4O2. The number of ether oxygens (including phenoxy) is 1. The zero-order valence-corrected chi connectivity index (χ0v) is 16.0. The van der Waals surface area contributed by atoms with E-state index in [1.807, 2.05) is 23.0 Å². The molecule has 0 saturated carbocycles. The highest BCUT2D eigenvalue weighted by atomic mass is 19.1. The van der Waals surface area contributed by atoms with Gasteiger partial charge < -0.3 is 15.4 Å². The van der Waals surface area contributed by atoms with Crippen LogP contribution >= 0.6 is 0 Å². The molecule has 2 N–H and O–H groups in total. The fourth-order valence-electron chi connectivity index (χ4n) is 4.19. The van der Waals surface area contributed by atoms with Crippen LogP contribution in [0.5, 0.6) is 0 Å². The van der Waals surface area contributed by atoms with Crippen LogP contribution in [0.4, 0.5) is 4.39 Å². The van der Waals surface area contributed by atoms with E-state index in [1.54, 1.807) is 6.07 Å². The summed E-state index contributed by atoms with van der Waals surface area (Å²) in [6.07, 6.45) is 5.66. The van der Waals surface area contributed by atoms with Crippen LogP contribution in [0.1, 0.15) is 47.8 Å². The first-order chi connectivity index (χ1) is 13.7. The van der Waals surface area contributed by atoms with Gasteiger partial charge in [0.15, 0.2) is 0 Å². The number of amides is 1. The van der Waals surface area contributed by atoms with E-state index in [0.717, 1.165) is 44.3 Å². The van der Waals surface area contributed by atoms with Crippen molar-refractivity contribution in [3.63, 3.8) is 0 Å². The maximum absolute atomic E-state index is 13.4.